The summed E-state index contributed by atoms with van der Waals surface area (Å²) in [7, 11) is 0. The molecule has 0 aromatic carbocycles. The molecule has 10 nitrogen and oxygen atoms in total. The fraction of sp³-hybridized carbons (Fsp3) is 0.350. The summed E-state index contributed by atoms with van der Waals surface area (Å²) in [6.07, 6.45) is 0.836. The maximum absolute atomic E-state index is 12.7. The summed E-state index contributed by atoms with van der Waals surface area (Å²) in [5, 5.41) is 30.2. The Balaban J connectivity index is 0.000000406. The molecule has 3 aromatic heterocycles. The van der Waals surface area contributed by atoms with Gasteiger partial charge in [0.1, 0.15) is 11.8 Å². The van der Waals surface area contributed by atoms with E-state index in [0.717, 1.165) is 25.7 Å². The van der Waals surface area contributed by atoms with Gasteiger partial charge in [0.15, 0.2) is 0 Å². The minimum absolute atomic E-state index is 0.0773. The number of aromatic nitrogens is 3. The van der Waals surface area contributed by atoms with E-state index in [1.54, 1.807) is 33.6 Å². The number of carboxylic acid groups (broad SMARTS) is 1. The van der Waals surface area contributed by atoms with Crippen molar-refractivity contribution in [3.05, 3.63) is 40.3 Å². The number of rotatable bonds is 4. The Labute approximate surface area is 195 Å². The molecule has 5 N–H and O–H groups in total. The second-order valence-electron chi connectivity index (χ2n) is 7.40. The highest BCUT2D eigenvalue weighted by atomic mass is 32.1. The number of halogens is 3. The van der Waals surface area contributed by atoms with E-state index in [1.165, 1.54) is 11.3 Å². The number of hydrogen-bond donors (Lipinski definition) is 4. The van der Waals surface area contributed by atoms with Crippen molar-refractivity contribution in [2.45, 2.75) is 43.9 Å². The van der Waals surface area contributed by atoms with Gasteiger partial charge in [-0.25, -0.2) is 14.3 Å². The van der Waals surface area contributed by atoms with Crippen molar-refractivity contribution in [2.24, 2.45) is 5.73 Å². The van der Waals surface area contributed by atoms with E-state index < -0.39 is 12.1 Å². The maximum atomic E-state index is 12.7. The van der Waals surface area contributed by atoms with Crippen LogP contribution in [-0.4, -0.2) is 49.8 Å². The van der Waals surface area contributed by atoms with Crippen LogP contribution >= 0.6 is 11.3 Å². The Bertz CT molecular complexity index is 1220. The quantitative estimate of drug-likeness (QED) is 0.429. The number of amides is 1. The first kappa shape index (κ1) is 24.9. The standard InChI is InChI=1S/C18H19N7OS.C2HF3O2/c19-7-11-9-27-10-15(11)22-17(26)16-6-5-12-8-21-18(24-25(12)16)23-14-4-2-1-3-13(14)20;3-2(4,5)1(6)7/h5-6,8-10,13-14H,1-4,20H2,(H,22,26)(H,23,24);(H,6,7)/t13-,14+;/m0./s1. The molecule has 1 fully saturated rings. The van der Waals surface area contributed by atoms with Crippen molar-refractivity contribution in [1.29, 1.82) is 5.26 Å². The van der Waals surface area contributed by atoms with Crippen molar-refractivity contribution in [3.63, 3.8) is 0 Å². The molecule has 14 heteroatoms. The average Bonchev–Trinajstić information content (AvgIpc) is 3.41. The fourth-order valence-corrected chi connectivity index (χ4v) is 4.02. The second-order valence-corrected chi connectivity index (χ2v) is 8.15. The number of alkyl halides is 3. The summed E-state index contributed by atoms with van der Waals surface area (Å²) in [5.74, 6) is -2.64. The minimum Gasteiger partial charge on any atom is -0.475 e. The average molecular weight is 495 g/mol. The predicted molar refractivity (Wildman–Crippen MR) is 118 cm³/mol. The zero-order valence-electron chi connectivity index (χ0n) is 17.5. The van der Waals surface area contributed by atoms with Crippen LogP contribution in [0, 0.1) is 11.3 Å². The highest BCUT2D eigenvalue weighted by Crippen LogP contribution is 2.22. The van der Waals surface area contributed by atoms with E-state index in [2.05, 4.69) is 26.8 Å². The zero-order chi connectivity index (χ0) is 24.9. The van der Waals surface area contributed by atoms with Gasteiger partial charge in [-0.2, -0.15) is 18.4 Å². The molecule has 0 aliphatic heterocycles. The van der Waals surface area contributed by atoms with E-state index in [-0.39, 0.29) is 18.0 Å². The molecular formula is C20H20F3N7O3S. The minimum atomic E-state index is -5.08. The van der Waals surface area contributed by atoms with Crippen LogP contribution < -0.4 is 16.4 Å². The number of anilines is 2. The van der Waals surface area contributed by atoms with Gasteiger partial charge in [0.25, 0.3) is 5.91 Å². The van der Waals surface area contributed by atoms with Crippen molar-refractivity contribution >= 4 is 40.4 Å². The van der Waals surface area contributed by atoms with Gasteiger partial charge in [-0.05, 0) is 25.0 Å². The van der Waals surface area contributed by atoms with Crippen LogP contribution in [0.2, 0.25) is 0 Å². The lowest BCUT2D eigenvalue weighted by Gasteiger charge is -2.29. The molecule has 4 rings (SSSR count). The zero-order valence-corrected chi connectivity index (χ0v) is 18.4. The number of nitrogens with zero attached hydrogens (tertiary/aromatic N) is 4. The summed E-state index contributed by atoms with van der Waals surface area (Å²) in [6.45, 7) is 0. The van der Waals surface area contributed by atoms with E-state index in [9.17, 15) is 18.0 Å². The van der Waals surface area contributed by atoms with Crippen LogP contribution in [0.4, 0.5) is 24.8 Å². The normalized spacial score (nSPS) is 17.9. The SMILES string of the molecule is N#Cc1cscc1NC(=O)c1ccc2cnc(N[C@@H]3CCCC[C@@H]3N)nn12.O=C(O)C(F)(F)F. The van der Waals surface area contributed by atoms with Crippen molar-refractivity contribution in [2.75, 3.05) is 10.6 Å². The third kappa shape index (κ3) is 6.00. The van der Waals surface area contributed by atoms with Crippen LogP contribution in [0.5, 0.6) is 0 Å². The van der Waals surface area contributed by atoms with Crippen molar-refractivity contribution in [1.82, 2.24) is 14.6 Å². The number of carboxylic acids is 1. The van der Waals surface area contributed by atoms with Crippen LogP contribution in [0.1, 0.15) is 41.7 Å². The van der Waals surface area contributed by atoms with Crippen LogP contribution in [0.25, 0.3) is 5.52 Å². The van der Waals surface area contributed by atoms with Gasteiger partial charge in [0, 0.05) is 22.8 Å². The third-order valence-electron chi connectivity index (χ3n) is 5.04. The molecular weight excluding hydrogens is 475 g/mol. The van der Waals surface area contributed by atoms with E-state index in [4.69, 9.17) is 20.9 Å². The van der Waals surface area contributed by atoms with Gasteiger partial charge in [-0.3, -0.25) is 4.79 Å². The van der Waals surface area contributed by atoms with Gasteiger partial charge in [-0.15, -0.1) is 16.4 Å². The number of nitrogens with one attached hydrogen (secondary N) is 2. The molecule has 2 atom stereocenters. The van der Waals surface area contributed by atoms with E-state index in [0.29, 0.717) is 28.4 Å². The first-order valence-corrected chi connectivity index (χ1v) is 11.0. The van der Waals surface area contributed by atoms with Crippen LogP contribution in [0.3, 0.4) is 0 Å². The largest absolute Gasteiger partial charge is 0.490 e. The van der Waals surface area contributed by atoms with Crippen LogP contribution in [0.15, 0.2) is 29.1 Å². The smallest absolute Gasteiger partial charge is 0.475 e. The number of aliphatic carboxylic acids is 1. The first-order chi connectivity index (χ1) is 16.1. The van der Waals surface area contributed by atoms with Gasteiger partial charge < -0.3 is 21.5 Å². The molecule has 0 radical (unpaired) electrons. The molecule has 0 unspecified atom stereocenters. The summed E-state index contributed by atoms with van der Waals surface area (Å²) >= 11 is 1.36. The van der Waals surface area contributed by atoms with Gasteiger partial charge >= 0.3 is 12.1 Å². The Kier molecular flexibility index (Phi) is 7.69. The van der Waals surface area contributed by atoms with Gasteiger partial charge in [0.2, 0.25) is 5.95 Å². The molecule has 1 saturated carbocycles. The number of nitrogens with two attached hydrogens (primary N) is 1. The molecule has 0 saturated heterocycles. The molecule has 1 aliphatic rings. The third-order valence-corrected chi connectivity index (χ3v) is 5.78. The Morgan fingerprint density at radius 1 is 1.26 bits per heavy atom. The maximum Gasteiger partial charge on any atom is 0.490 e. The van der Waals surface area contributed by atoms with Crippen LogP contribution in [-0.2, 0) is 4.79 Å². The lowest BCUT2D eigenvalue weighted by molar-refractivity contribution is -0.192. The molecule has 180 valence electrons. The highest BCUT2D eigenvalue weighted by molar-refractivity contribution is 7.08. The Morgan fingerprint density at radius 3 is 2.62 bits per heavy atom. The van der Waals surface area contributed by atoms with Gasteiger partial charge in [-0.1, -0.05) is 12.8 Å². The summed E-state index contributed by atoms with van der Waals surface area (Å²) in [5.41, 5.74) is 8.22. The first-order valence-electron chi connectivity index (χ1n) is 10.0. The highest BCUT2D eigenvalue weighted by Gasteiger charge is 2.38. The monoisotopic (exact) mass is 495 g/mol. The summed E-state index contributed by atoms with van der Waals surface area (Å²) in [4.78, 5) is 25.9. The Morgan fingerprint density at radius 2 is 1.97 bits per heavy atom. The number of thiophene rings is 1. The molecule has 34 heavy (non-hydrogen) atoms. The topological polar surface area (TPSA) is 158 Å². The van der Waals surface area contributed by atoms with Crippen molar-refractivity contribution in [3.8, 4) is 6.07 Å². The molecule has 1 amide bonds. The molecule has 3 heterocycles. The second kappa shape index (κ2) is 10.5. The molecule has 0 spiro atoms. The number of carbonyl (C=O) groups is 2. The fourth-order valence-electron chi connectivity index (χ4n) is 3.31. The van der Waals surface area contributed by atoms with E-state index >= 15 is 0 Å². The summed E-state index contributed by atoms with van der Waals surface area (Å²) in [6, 6.07) is 5.74. The van der Waals surface area contributed by atoms with Gasteiger partial charge in [0.05, 0.1) is 23.0 Å². The molecule has 1 aliphatic carbocycles. The lowest BCUT2D eigenvalue weighted by Crippen LogP contribution is -2.43. The number of carbonyl (C=O) groups excluding carboxylic acids is 1. The summed E-state index contributed by atoms with van der Waals surface area (Å²) < 4.78 is 33.3. The predicted octanol–water partition coefficient (Wildman–Crippen LogP) is 3.23. The number of hydrogen-bond acceptors (Lipinski definition) is 8. The Hall–Kier alpha value is -3.70. The van der Waals surface area contributed by atoms with Crippen molar-refractivity contribution < 1.29 is 27.9 Å². The molecule has 3 aromatic rings. The lowest BCUT2D eigenvalue weighted by atomic mass is 9.91. The molecule has 0 bridgehead atoms. The van der Waals surface area contributed by atoms with E-state index in [1.807, 2.05) is 0 Å². The number of nitriles is 1. The number of fused-ring (bicyclic) bond motifs is 1.